The monoisotopic (exact) mass is 470 g/mol. The van der Waals surface area contributed by atoms with Gasteiger partial charge in [0.05, 0.1) is 11.7 Å². The molecular formula is C32H54O2. The Morgan fingerprint density at radius 3 is 2.41 bits per heavy atom. The number of allylic oxidation sites excluding steroid dienone is 2. The van der Waals surface area contributed by atoms with Crippen molar-refractivity contribution in [3.05, 3.63) is 23.8 Å². The van der Waals surface area contributed by atoms with Gasteiger partial charge < -0.3 is 9.84 Å². The minimum Gasteiger partial charge on any atom is -0.386 e. The highest BCUT2D eigenvalue weighted by molar-refractivity contribution is 5.32. The van der Waals surface area contributed by atoms with Crippen LogP contribution in [0, 0.1) is 45.3 Å². The summed E-state index contributed by atoms with van der Waals surface area (Å²) in [6, 6.07) is 0. The second-order valence-corrected chi connectivity index (χ2v) is 14.6. The fourth-order valence-electron chi connectivity index (χ4n) is 10.0. The molecule has 34 heavy (non-hydrogen) atoms. The lowest BCUT2D eigenvalue weighted by atomic mass is 9.41. The summed E-state index contributed by atoms with van der Waals surface area (Å²) in [5, 5.41) is 10.8. The second kappa shape index (κ2) is 8.47. The van der Waals surface area contributed by atoms with Crippen LogP contribution in [0.2, 0.25) is 0 Å². The number of hydrogen-bond donors (Lipinski definition) is 1. The molecule has 0 heterocycles. The van der Waals surface area contributed by atoms with E-state index >= 15 is 0 Å². The Labute approximate surface area is 211 Å². The minimum atomic E-state index is -0.739. The van der Waals surface area contributed by atoms with Gasteiger partial charge in [-0.2, -0.15) is 0 Å². The van der Waals surface area contributed by atoms with Gasteiger partial charge in [0.15, 0.2) is 0 Å². The van der Waals surface area contributed by atoms with E-state index in [1.807, 2.05) is 26.5 Å². The molecule has 0 spiro atoms. The van der Waals surface area contributed by atoms with E-state index in [0.29, 0.717) is 28.3 Å². The molecule has 9 atom stereocenters. The Kier molecular flexibility index (Phi) is 6.60. The summed E-state index contributed by atoms with van der Waals surface area (Å²) >= 11 is 0. The highest BCUT2D eigenvalue weighted by Crippen LogP contribution is 2.73. The first-order valence-electron chi connectivity index (χ1n) is 14.3. The van der Waals surface area contributed by atoms with Gasteiger partial charge in [0.2, 0.25) is 0 Å². The molecule has 3 fully saturated rings. The van der Waals surface area contributed by atoms with Gasteiger partial charge in [-0.3, -0.25) is 0 Å². The van der Waals surface area contributed by atoms with Crippen molar-refractivity contribution in [3.63, 3.8) is 0 Å². The molecule has 2 nitrogen and oxygen atoms in total. The number of fused-ring (bicyclic) bond motifs is 5. The summed E-state index contributed by atoms with van der Waals surface area (Å²) in [6.07, 6.45) is 14.2. The van der Waals surface area contributed by atoms with Crippen LogP contribution >= 0.6 is 0 Å². The Balaban J connectivity index is 1.60. The average Bonchev–Trinajstić information content (AvgIpc) is 3.03. The number of aliphatic hydroxyl groups is 1. The topological polar surface area (TPSA) is 29.5 Å². The van der Waals surface area contributed by atoms with Crippen LogP contribution in [0.3, 0.4) is 0 Å². The molecule has 0 saturated heterocycles. The molecule has 0 aromatic carbocycles. The van der Waals surface area contributed by atoms with Gasteiger partial charge in [0.25, 0.3) is 0 Å². The van der Waals surface area contributed by atoms with Crippen LogP contribution in [0.4, 0.5) is 0 Å². The first kappa shape index (κ1) is 26.5. The summed E-state index contributed by atoms with van der Waals surface area (Å²) in [4.78, 5) is 0. The van der Waals surface area contributed by atoms with Gasteiger partial charge in [-0.05, 0) is 123 Å². The van der Waals surface area contributed by atoms with Crippen LogP contribution in [0.15, 0.2) is 23.8 Å². The van der Waals surface area contributed by atoms with E-state index in [-0.39, 0.29) is 5.41 Å². The summed E-state index contributed by atoms with van der Waals surface area (Å²) < 4.78 is 6.00. The fourth-order valence-corrected chi connectivity index (χ4v) is 10.0. The number of hydrogen-bond acceptors (Lipinski definition) is 2. The maximum absolute atomic E-state index is 10.8. The van der Waals surface area contributed by atoms with Crippen molar-refractivity contribution in [2.75, 3.05) is 7.11 Å². The quantitative estimate of drug-likeness (QED) is 0.395. The van der Waals surface area contributed by atoms with E-state index in [1.165, 1.54) is 44.9 Å². The van der Waals surface area contributed by atoms with Crippen molar-refractivity contribution in [1.29, 1.82) is 0 Å². The highest BCUT2D eigenvalue weighted by Gasteiger charge is 2.65. The molecule has 2 heteroatoms. The number of methoxy groups -OCH3 is 1. The first-order chi connectivity index (χ1) is 15.6. The molecule has 3 saturated carbocycles. The molecule has 0 aromatic rings. The van der Waals surface area contributed by atoms with Crippen LogP contribution in [-0.4, -0.2) is 23.9 Å². The van der Waals surface area contributed by atoms with Crippen molar-refractivity contribution in [1.82, 2.24) is 0 Å². The molecule has 4 rings (SSSR count). The van der Waals surface area contributed by atoms with E-state index in [0.717, 1.165) is 36.2 Å². The molecule has 4 aliphatic rings. The van der Waals surface area contributed by atoms with Crippen LogP contribution < -0.4 is 0 Å². The minimum absolute atomic E-state index is 0.238. The van der Waals surface area contributed by atoms with Crippen molar-refractivity contribution >= 4 is 0 Å². The van der Waals surface area contributed by atoms with E-state index in [1.54, 1.807) is 0 Å². The molecule has 194 valence electrons. The van der Waals surface area contributed by atoms with Crippen molar-refractivity contribution in [2.24, 2.45) is 45.3 Å². The molecule has 0 radical (unpaired) electrons. The third kappa shape index (κ3) is 3.63. The lowest BCUT2D eigenvalue weighted by molar-refractivity contribution is -0.130. The summed E-state index contributed by atoms with van der Waals surface area (Å²) in [5.74, 6) is 2.82. The lowest BCUT2D eigenvalue weighted by Crippen LogP contribution is -2.58. The van der Waals surface area contributed by atoms with Crippen LogP contribution in [0.5, 0.6) is 0 Å². The molecule has 0 bridgehead atoms. The SMILES string of the molecule is C=C(C)C(C)(O)CCC(C)C1CCC2(C)C3CCC4C(C)(CCC(OC)C4(C)C)C3=CCC12C. The second-order valence-electron chi connectivity index (χ2n) is 14.6. The molecule has 0 aromatic heterocycles. The van der Waals surface area contributed by atoms with Gasteiger partial charge in [0, 0.05) is 7.11 Å². The normalized spacial score (nSPS) is 45.9. The van der Waals surface area contributed by atoms with E-state index in [2.05, 4.69) is 54.2 Å². The van der Waals surface area contributed by atoms with Gasteiger partial charge in [-0.15, -0.1) is 0 Å². The summed E-state index contributed by atoms with van der Waals surface area (Å²) in [6.45, 7) is 23.3. The molecular weight excluding hydrogens is 416 g/mol. The van der Waals surface area contributed by atoms with Crippen molar-refractivity contribution < 1.29 is 9.84 Å². The zero-order valence-electron chi connectivity index (χ0n) is 23.9. The summed E-state index contributed by atoms with van der Waals surface area (Å²) in [7, 11) is 1.92. The van der Waals surface area contributed by atoms with Crippen LogP contribution in [0.25, 0.3) is 0 Å². The number of ether oxygens (including phenoxy) is 1. The van der Waals surface area contributed by atoms with Crippen LogP contribution in [-0.2, 0) is 4.74 Å². The maximum Gasteiger partial charge on any atom is 0.0823 e. The van der Waals surface area contributed by atoms with Gasteiger partial charge in [-0.1, -0.05) is 59.8 Å². The molecule has 0 amide bonds. The van der Waals surface area contributed by atoms with Crippen molar-refractivity contribution in [2.45, 2.75) is 125 Å². The Bertz CT molecular complexity index is 836. The average molecular weight is 471 g/mol. The molecule has 0 aliphatic heterocycles. The van der Waals surface area contributed by atoms with Gasteiger partial charge >= 0.3 is 0 Å². The largest absolute Gasteiger partial charge is 0.386 e. The highest BCUT2D eigenvalue weighted by atomic mass is 16.5. The predicted molar refractivity (Wildman–Crippen MR) is 144 cm³/mol. The number of rotatable bonds is 6. The third-order valence-corrected chi connectivity index (χ3v) is 12.8. The van der Waals surface area contributed by atoms with Crippen LogP contribution in [0.1, 0.15) is 113 Å². The van der Waals surface area contributed by atoms with Crippen molar-refractivity contribution in [3.8, 4) is 0 Å². The summed E-state index contributed by atoms with van der Waals surface area (Å²) in [5.41, 5.74) is 3.30. The third-order valence-electron chi connectivity index (χ3n) is 12.8. The molecule has 1 N–H and O–H groups in total. The van der Waals surface area contributed by atoms with E-state index < -0.39 is 5.60 Å². The Hall–Kier alpha value is -0.600. The molecule has 4 aliphatic carbocycles. The fraction of sp³-hybridized carbons (Fsp3) is 0.875. The Morgan fingerprint density at radius 2 is 1.79 bits per heavy atom. The van der Waals surface area contributed by atoms with E-state index in [9.17, 15) is 5.11 Å². The smallest absolute Gasteiger partial charge is 0.0823 e. The zero-order valence-corrected chi connectivity index (χ0v) is 23.9. The zero-order chi connectivity index (χ0) is 25.3. The lowest BCUT2D eigenvalue weighted by Gasteiger charge is -2.64. The van der Waals surface area contributed by atoms with E-state index in [4.69, 9.17) is 4.74 Å². The molecule has 9 unspecified atom stereocenters. The predicted octanol–water partition coefficient (Wildman–Crippen LogP) is 8.35. The standard InChI is InChI=1S/C32H54O2/c1-21(2)32(9,33)20-13-22(3)23-14-18-31(8)25-11-12-26-28(4,5)27(34-10)16-17-29(26,6)24(25)15-19-30(23,31)7/h15,22-23,25-27,33H,1,11-14,16-20H2,2-10H3. The first-order valence-corrected chi connectivity index (χ1v) is 14.3. The maximum atomic E-state index is 10.8. The van der Waals surface area contributed by atoms with Gasteiger partial charge in [-0.25, -0.2) is 0 Å². The van der Waals surface area contributed by atoms with Gasteiger partial charge in [0.1, 0.15) is 0 Å². The Morgan fingerprint density at radius 1 is 1.12 bits per heavy atom.